The third-order valence-electron chi connectivity index (χ3n) is 4.26. The van der Waals surface area contributed by atoms with Gasteiger partial charge in [-0.15, -0.1) is 0 Å². The van der Waals surface area contributed by atoms with E-state index in [-0.39, 0.29) is 11.9 Å². The van der Waals surface area contributed by atoms with E-state index in [9.17, 15) is 9.18 Å². The molecule has 2 aliphatic heterocycles. The Labute approximate surface area is 156 Å². The number of nitrogens with zero attached hydrogens (tertiary/aromatic N) is 2. The average Bonchev–Trinajstić information content (AvgIpc) is 2.78. The Morgan fingerprint density at radius 3 is 3.04 bits per heavy atom. The van der Waals surface area contributed by atoms with E-state index in [1.807, 2.05) is 11.8 Å². The molecule has 2 saturated heterocycles. The third kappa shape index (κ3) is 4.55. The minimum absolute atomic E-state index is 0.296. The molecule has 0 spiro atoms. The van der Waals surface area contributed by atoms with Crippen LogP contribution in [0, 0.1) is 5.82 Å². The molecule has 8 heteroatoms. The van der Waals surface area contributed by atoms with Crippen LogP contribution in [0.2, 0.25) is 0 Å². The maximum atomic E-state index is 14.6. The Balaban J connectivity index is 1.69. The number of anilines is 2. The van der Waals surface area contributed by atoms with Crippen LogP contribution in [0.5, 0.6) is 0 Å². The van der Waals surface area contributed by atoms with Gasteiger partial charge in [-0.1, -0.05) is 12.2 Å². The Hall–Kier alpha value is -1.54. The summed E-state index contributed by atoms with van der Waals surface area (Å²) in [5.74, 6) is 1.83. The Bertz CT molecular complexity index is 651. The third-order valence-corrected chi connectivity index (χ3v) is 5.45. The molecular formula is C17H22FN3O2S2. The Morgan fingerprint density at radius 2 is 2.28 bits per heavy atom. The number of amides is 1. The Kier molecular flexibility index (Phi) is 6.01. The maximum Gasteiger partial charge on any atom is 0.414 e. The highest BCUT2D eigenvalue weighted by molar-refractivity contribution is 7.99. The van der Waals surface area contributed by atoms with E-state index >= 15 is 0 Å². The van der Waals surface area contributed by atoms with Gasteiger partial charge < -0.3 is 15.0 Å². The molecule has 1 amide bonds. The molecule has 0 aliphatic carbocycles. The molecule has 0 unspecified atom stereocenters. The molecule has 1 N–H and O–H groups in total. The fourth-order valence-electron chi connectivity index (χ4n) is 3.00. The van der Waals surface area contributed by atoms with E-state index in [1.165, 1.54) is 11.0 Å². The molecule has 0 bridgehead atoms. The summed E-state index contributed by atoms with van der Waals surface area (Å²) in [6, 6.07) is 4.98. The molecule has 2 fully saturated rings. The molecular weight excluding hydrogens is 361 g/mol. The molecule has 0 aromatic heterocycles. The number of cyclic esters (lactones) is 1. The lowest BCUT2D eigenvalue weighted by molar-refractivity contribution is 0.143. The summed E-state index contributed by atoms with van der Waals surface area (Å²) >= 11 is 6.87. The van der Waals surface area contributed by atoms with Crippen LogP contribution in [0.3, 0.4) is 0 Å². The van der Waals surface area contributed by atoms with Gasteiger partial charge in [0.1, 0.15) is 11.9 Å². The normalized spacial score (nSPS) is 21.0. The number of halogens is 1. The zero-order chi connectivity index (χ0) is 17.8. The van der Waals surface area contributed by atoms with Gasteiger partial charge in [-0.25, -0.2) is 9.18 Å². The summed E-state index contributed by atoms with van der Waals surface area (Å²) < 4.78 is 20.0. The summed E-state index contributed by atoms with van der Waals surface area (Å²) in [4.78, 5) is 16.3. The molecule has 1 aromatic rings. The minimum atomic E-state index is -0.452. The average molecular weight is 384 g/mol. The number of hydrogen-bond acceptors (Lipinski definition) is 5. The first-order valence-corrected chi connectivity index (χ1v) is 9.95. The second-order valence-corrected chi connectivity index (χ2v) is 7.98. The highest BCUT2D eigenvalue weighted by atomic mass is 32.2. The lowest BCUT2D eigenvalue weighted by Gasteiger charge is -2.24. The van der Waals surface area contributed by atoms with Gasteiger partial charge in [0, 0.05) is 18.8 Å². The first-order valence-electron chi connectivity index (χ1n) is 8.39. The fraction of sp³-hybridized carbons (Fsp3) is 0.529. The van der Waals surface area contributed by atoms with Crippen molar-refractivity contribution in [3.05, 3.63) is 24.0 Å². The summed E-state index contributed by atoms with van der Waals surface area (Å²) in [6.07, 6.45) is 0.307. The van der Waals surface area contributed by atoms with Crippen LogP contribution < -0.4 is 15.1 Å². The summed E-state index contributed by atoms with van der Waals surface area (Å²) in [7, 11) is 0. The second kappa shape index (κ2) is 8.23. The van der Waals surface area contributed by atoms with Crippen LogP contribution in [0.1, 0.15) is 13.3 Å². The van der Waals surface area contributed by atoms with E-state index in [0.717, 1.165) is 31.0 Å². The number of carbonyl (C=O) groups is 1. The topological polar surface area (TPSA) is 44.8 Å². The Morgan fingerprint density at radius 1 is 1.44 bits per heavy atom. The van der Waals surface area contributed by atoms with E-state index in [1.54, 1.807) is 19.1 Å². The van der Waals surface area contributed by atoms with Gasteiger partial charge >= 0.3 is 6.09 Å². The van der Waals surface area contributed by atoms with Crippen molar-refractivity contribution >= 4 is 46.4 Å². The molecule has 136 valence electrons. The lowest BCUT2D eigenvalue weighted by Crippen LogP contribution is -2.32. The highest BCUT2D eigenvalue weighted by Crippen LogP contribution is 2.29. The standard InChI is InChI=1S/C17H22FN3O2S2/c1-12(24)19-10-14-11-21(17(22)23-14)13-3-4-16(15(18)9-13)20-5-2-7-25-8-6-20/h3-4,9,14H,2,5-8,10-11H2,1H3,(H,19,24)/t14-/m0/s1. The molecule has 25 heavy (non-hydrogen) atoms. The zero-order valence-electron chi connectivity index (χ0n) is 14.2. The van der Waals surface area contributed by atoms with Crippen molar-refractivity contribution in [2.45, 2.75) is 19.4 Å². The zero-order valence-corrected chi connectivity index (χ0v) is 15.8. The molecule has 2 aliphatic rings. The van der Waals surface area contributed by atoms with E-state index in [0.29, 0.717) is 29.5 Å². The molecule has 5 nitrogen and oxygen atoms in total. The number of hydrogen-bond donors (Lipinski definition) is 1. The number of rotatable bonds is 4. The van der Waals surface area contributed by atoms with Crippen LogP contribution in [0.25, 0.3) is 0 Å². The van der Waals surface area contributed by atoms with Crippen LogP contribution in [0.15, 0.2) is 18.2 Å². The summed E-state index contributed by atoms with van der Waals surface area (Å²) in [5, 5.41) is 2.99. The predicted octanol–water partition coefficient (Wildman–Crippen LogP) is 3.03. The number of thiocarbonyl (C=S) groups is 1. The maximum absolute atomic E-state index is 14.6. The molecule has 1 atom stereocenters. The van der Waals surface area contributed by atoms with E-state index in [4.69, 9.17) is 17.0 Å². The highest BCUT2D eigenvalue weighted by Gasteiger charge is 2.32. The van der Waals surface area contributed by atoms with Crippen LogP contribution >= 0.6 is 24.0 Å². The van der Waals surface area contributed by atoms with Gasteiger partial charge in [-0.3, -0.25) is 4.90 Å². The van der Waals surface area contributed by atoms with Crippen molar-refractivity contribution in [2.75, 3.05) is 47.5 Å². The van der Waals surface area contributed by atoms with Gasteiger partial charge in [0.2, 0.25) is 0 Å². The van der Waals surface area contributed by atoms with Crippen LogP contribution in [0.4, 0.5) is 20.6 Å². The van der Waals surface area contributed by atoms with E-state index < -0.39 is 6.09 Å². The summed E-state index contributed by atoms with van der Waals surface area (Å²) in [6.45, 7) is 4.33. The number of carbonyl (C=O) groups excluding carboxylic acids is 1. The lowest BCUT2D eigenvalue weighted by atomic mass is 10.2. The molecule has 3 rings (SSSR count). The molecule has 0 radical (unpaired) electrons. The van der Waals surface area contributed by atoms with Crippen molar-refractivity contribution in [3.63, 3.8) is 0 Å². The van der Waals surface area contributed by atoms with Gasteiger partial charge in [0.05, 0.1) is 29.5 Å². The number of benzene rings is 1. The van der Waals surface area contributed by atoms with Crippen molar-refractivity contribution in [3.8, 4) is 0 Å². The quantitative estimate of drug-likeness (QED) is 0.807. The minimum Gasteiger partial charge on any atom is -0.442 e. The SMILES string of the molecule is CC(=S)NC[C@H]1CN(c2ccc(N3CCCSCC3)c(F)c2)C(=O)O1. The first kappa shape index (κ1) is 18.3. The molecule has 0 saturated carbocycles. The fourth-order valence-corrected chi connectivity index (χ4v) is 3.97. The summed E-state index contributed by atoms with van der Waals surface area (Å²) in [5.41, 5.74) is 1.13. The van der Waals surface area contributed by atoms with Gasteiger partial charge in [0.15, 0.2) is 0 Å². The van der Waals surface area contributed by atoms with Crippen molar-refractivity contribution < 1.29 is 13.9 Å². The smallest absolute Gasteiger partial charge is 0.414 e. The monoisotopic (exact) mass is 383 g/mol. The van der Waals surface area contributed by atoms with Gasteiger partial charge in [0.25, 0.3) is 0 Å². The van der Waals surface area contributed by atoms with Crippen molar-refractivity contribution in [1.82, 2.24) is 5.32 Å². The number of nitrogens with one attached hydrogen (secondary N) is 1. The van der Waals surface area contributed by atoms with Crippen LogP contribution in [-0.2, 0) is 4.74 Å². The van der Waals surface area contributed by atoms with Crippen LogP contribution in [-0.4, -0.2) is 54.9 Å². The molecule has 1 aromatic carbocycles. The largest absolute Gasteiger partial charge is 0.442 e. The molecule has 2 heterocycles. The van der Waals surface area contributed by atoms with Crippen molar-refractivity contribution in [2.24, 2.45) is 0 Å². The van der Waals surface area contributed by atoms with Crippen molar-refractivity contribution in [1.29, 1.82) is 0 Å². The number of thioether (sulfide) groups is 1. The van der Waals surface area contributed by atoms with Gasteiger partial charge in [-0.05, 0) is 37.3 Å². The number of ether oxygens (including phenoxy) is 1. The van der Waals surface area contributed by atoms with Gasteiger partial charge in [-0.2, -0.15) is 11.8 Å². The van der Waals surface area contributed by atoms with E-state index in [2.05, 4.69) is 10.2 Å². The predicted molar refractivity (Wildman–Crippen MR) is 104 cm³/mol. The second-order valence-electron chi connectivity index (χ2n) is 6.14. The first-order chi connectivity index (χ1) is 12.0.